The molecular formula is C13H11ClF3NO. The van der Waals surface area contributed by atoms with Crippen molar-refractivity contribution >= 4 is 11.6 Å². The van der Waals surface area contributed by atoms with Crippen molar-refractivity contribution in [2.24, 2.45) is 0 Å². The van der Waals surface area contributed by atoms with E-state index in [-0.39, 0.29) is 11.4 Å². The Labute approximate surface area is 113 Å². The molecule has 1 aromatic carbocycles. The van der Waals surface area contributed by atoms with Crippen LogP contribution in [0, 0.1) is 19.7 Å². The van der Waals surface area contributed by atoms with Gasteiger partial charge in [0.1, 0.15) is 10.8 Å². The van der Waals surface area contributed by atoms with Gasteiger partial charge in [-0.2, -0.15) is 8.78 Å². The van der Waals surface area contributed by atoms with Gasteiger partial charge in [-0.25, -0.2) is 4.39 Å². The molecule has 0 bridgehead atoms. The summed E-state index contributed by atoms with van der Waals surface area (Å²) in [6.45, 7) is 0.575. The highest BCUT2D eigenvalue weighted by molar-refractivity contribution is 6.32. The second kappa shape index (κ2) is 5.17. The number of benzene rings is 1. The third-order valence-corrected chi connectivity index (χ3v) is 3.11. The summed E-state index contributed by atoms with van der Waals surface area (Å²) in [5.74, 6) is -1.16. The van der Waals surface area contributed by atoms with Gasteiger partial charge >= 0.3 is 6.61 Å². The van der Waals surface area contributed by atoms with Crippen molar-refractivity contribution in [2.45, 2.75) is 20.5 Å². The highest BCUT2D eigenvalue weighted by Gasteiger charge is 2.18. The molecule has 2 rings (SSSR count). The molecule has 0 saturated carbocycles. The summed E-state index contributed by atoms with van der Waals surface area (Å²) in [4.78, 5) is 0. The molecule has 2 aromatic rings. The summed E-state index contributed by atoms with van der Waals surface area (Å²) in [5, 5.41) is -0.453. The van der Waals surface area contributed by atoms with E-state index in [2.05, 4.69) is 4.74 Å². The van der Waals surface area contributed by atoms with E-state index in [1.807, 2.05) is 26.0 Å². The maximum atomic E-state index is 14.2. The molecule has 0 aliphatic heterocycles. The molecule has 6 heteroatoms. The third kappa shape index (κ3) is 2.56. The van der Waals surface area contributed by atoms with Gasteiger partial charge in [0.25, 0.3) is 0 Å². The monoisotopic (exact) mass is 289 g/mol. The van der Waals surface area contributed by atoms with Gasteiger partial charge in [0.15, 0.2) is 5.82 Å². The fourth-order valence-electron chi connectivity index (χ4n) is 1.93. The number of ether oxygens (including phenoxy) is 1. The minimum Gasteiger partial charge on any atom is -0.433 e. The Kier molecular flexibility index (Phi) is 3.75. The normalized spacial score (nSPS) is 11.1. The second-order valence-electron chi connectivity index (χ2n) is 4.04. The average Bonchev–Trinajstić information content (AvgIpc) is 2.66. The van der Waals surface area contributed by atoms with E-state index < -0.39 is 17.5 Å². The third-order valence-electron chi connectivity index (χ3n) is 2.75. The highest BCUT2D eigenvalue weighted by atomic mass is 35.5. The van der Waals surface area contributed by atoms with Crippen LogP contribution in [-0.4, -0.2) is 11.2 Å². The lowest BCUT2D eigenvalue weighted by molar-refractivity contribution is -0.0499. The number of halogens is 4. The topological polar surface area (TPSA) is 14.2 Å². The molecular weight excluding hydrogens is 279 g/mol. The minimum atomic E-state index is -3.04. The molecule has 0 unspecified atom stereocenters. The van der Waals surface area contributed by atoms with Crippen LogP contribution >= 0.6 is 11.6 Å². The predicted molar refractivity (Wildman–Crippen MR) is 66.8 cm³/mol. The van der Waals surface area contributed by atoms with E-state index in [1.54, 1.807) is 4.57 Å². The van der Waals surface area contributed by atoms with Gasteiger partial charge in [0.2, 0.25) is 0 Å². The van der Waals surface area contributed by atoms with E-state index in [4.69, 9.17) is 11.6 Å². The van der Waals surface area contributed by atoms with Crippen molar-refractivity contribution in [1.82, 2.24) is 4.57 Å². The lowest BCUT2D eigenvalue weighted by atomic mass is 10.2. The van der Waals surface area contributed by atoms with E-state index in [0.29, 0.717) is 0 Å². The molecule has 102 valence electrons. The summed E-state index contributed by atoms with van der Waals surface area (Å²) in [6.07, 6.45) is 0. The summed E-state index contributed by atoms with van der Waals surface area (Å²) in [5.41, 5.74) is 1.83. The molecule has 2 nitrogen and oxygen atoms in total. The highest BCUT2D eigenvalue weighted by Crippen LogP contribution is 2.33. The summed E-state index contributed by atoms with van der Waals surface area (Å²) in [7, 11) is 0. The Morgan fingerprint density at radius 2 is 1.68 bits per heavy atom. The number of rotatable bonds is 3. The van der Waals surface area contributed by atoms with Crippen molar-refractivity contribution in [1.29, 1.82) is 0 Å². The number of aryl methyl sites for hydroxylation is 2. The van der Waals surface area contributed by atoms with Crippen molar-refractivity contribution in [3.8, 4) is 11.4 Å². The first kappa shape index (κ1) is 13.8. The molecule has 0 aliphatic carbocycles. The maximum absolute atomic E-state index is 14.2. The zero-order valence-electron chi connectivity index (χ0n) is 10.3. The first-order valence-corrected chi connectivity index (χ1v) is 5.87. The standard InChI is InChI=1S/C13H11ClF3NO/c1-7-3-4-8(2)18(7)9-5-6-10(19-13(16)17)11(14)12(9)15/h3-6,13H,1-2H3. The fourth-order valence-corrected chi connectivity index (χ4v) is 2.13. The van der Waals surface area contributed by atoms with Gasteiger partial charge in [0, 0.05) is 11.4 Å². The van der Waals surface area contributed by atoms with Gasteiger partial charge in [-0.3, -0.25) is 0 Å². The number of nitrogens with zero attached hydrogens (tertiary/aromatic N) is 1. The van der Waals surface area contributed by atoms with Gasteiger partial charge in [0.05, 0.1) is 5.69 Å². The Hall–Kier alpha value is -1.62. The molecule has 1 heterocycles. The fraction of sp³-hybridized carbons (Fsp3) is 0.231. The molecule has 0 spiro atoms. The van der Waals surface area contributed by atoms with Crippen molar-refractivity contribution < 1.29 is 17.9 Å². The average molecular weight is 290 g/mol. The zero-order chi connectivity index (χ0) is 14.2. The first-order valence-electron chi connectivity index (χ1n) is 5.50. The number of hydrogen-bond acceptors (Lipinski definition) is 1. The van der Waals surface area contributed by atoms with E-state index in [9.17, 15) is 13.2 Å². The molecule has 0 fully saturated rings. The molecule has 0 atom stereocenters. The van der Waals surface area contributed by atoms with Crippen LogP contribution in [-0.2, 0) is 0 Å². The maximum Gasteiger partial charge on any atom is 0.387 e. The molecule has 19 heavy (non-hydrogen) atoms. The quantitative estimate of drug-likeness (QED) is 0.812. The lowest BCUT2D eigenvalue weighted by Crippen LogP contribution is -2.06. The van der Waals surface area contributed by atoms with E-state index >= 15 is 0 Å². The zero-order valence-corrected chi connectivity index (χ0v) is 11.0. The Bertz CT molecular complexity index is 591. The summed E-state index contributed by atoms with van der Waals surface area (Å²) >= 11 is 5.72. The van der Waals surface area contributed by atoms with Crippen molar-refractivity contribution in [3.63, 3.8) is 0 Å². The van der Waals surface area contributed by atoms with Crippen LogP contribution in [0.2, 0.25) is 5.02 Å². The van der Waals surface area contributed by atoms with Crippen LogP contribution in [0.3, 0.4) is 0 Å². The van der Waals surface area contributed by atoms with Crippen LogP contribution in [0.5, 0.6) is 5.75 Å². The predicted octanol–water partition coefficient (Wildman–Crippen LogP) is 4.49. The molecule has 0 radical (unpaired) electrons. The van der Waals surface area contributed by atoms with Crippen LogP contribution < -0.4 is 4.74 Å². The number of hydrogen-bond donors (Lipinski definition) is 0. The summed E-state index contributed by atoms with van der Waals surface area (Å²) in [6, 6.07) is 6.24. The first-order chi connectivity index (χ1) is 8.91. The van der Waals surface area contributed by atoms with E-state index in [1.165, 1.54) is 12.1 Å². The number of aromatic nitrogens is 1. The number of alkyl halides is 2. The molecule has 0 amide bonds. The van der Waals surface area contributed by atoms with Gasteiger partial charge in [-0.15, -0.1) is 0 Å². The molecule has 0 saturated heterocycles. The van der Waals surface area contributed by atoms with Gasteiger partial charge < -0.3 is 9.30 Å². The van der Waals surface area contributed by atoms with Crippen LogP contribution in [0.1, 0.15) is 11.4 Å². The van der Waals surface area contributed by atoms with Crippen LogP contribution in [0.15, 0.2) is 24.3 Å². The smallest absolute Gasteiger partial charge is 0.387 e. The van der Waals surface area contributed by atoms with E-state index in [0.717, 1.165) is 11.4 Å². The SMILES string of the molecule is Cc1ccc(C)n1-c1ccc(OC(F)F)c(Cl)c1F. The van der Waals surface area contributed by atoms with Gasteiger partial charge in [-0.1, -0.05) is 11.6 Å². The largest absolute Gasteiger partial charge is 0.433 e. The molecule has 1 aromatic heterocycles. The Balaban J connectivity index is 2.53. The second-order valence-corrected chi connectivity index (χ2v) is 4.42. The van der Waals surface area contributed by atoms with Crippen molar-refractivity contribution in [3.05, 3.63) is 46.5 Å². The molecule has 0 aliphatic rings. The molecule has 0 N–H and O–H groups in total. The van der Waals surface area contributed by atoms with Gasteiger partial charge in [-0.05, 0) is 38.1 Å². The van der Waals surface area contributed by atoms with Crippen LogP contribution in [0.4, 0.5) is 13.2 Å². The Morgan fingerprint density at radius 3 is 2.21 bits per heavy atom. The minimum absolute atomic E-state index is 0.201. The lowest BCUT2D eigenvalue weighted by Gasteiger charge is -2.14. The summed E-state index contributed by atoms with van der Waals surface area (Å²) < 4.78 is 44.2. The Morgan fingerprint density at radius 1 is 1.11 bits per heavy atom. The van der Waals surface area contributed by atoms with Crippen LogP contribution in [0.25, 0.3) is 5.69 Å². The van der Waals surface area contributed by atoms with Crippen molar-refractivity contribution in [2.75, 3.05) is 0 Å².